The summed E-state index contributed by atoms with van der Waals surface area (Å²) in [7, 11) is 0. The van der Waals surface area contributed by atoms with Gasteiger partial charge in [-0.05, 0) is 48.7 Å². The van der Waals surface area contributed by atoms with Crippen LogP contribution in [0.2, 0.25) is 0 Å². The van der Waals surface area contributed by atoms with Gasteiger partial charge in [-0.15, -0.1) is 0 Å². The Hall–Kier alpha value is -3.60. The first-order chi connectivity index (χ1) is 13.7. The zero-order chi connectivity index (χ0) is 19.3. The molecule has 1 amide bonds. The van der Waals surface area contributed by atoms with Crippen molar-refractivity contribution in [3.63, 3.8) is 0 Å². The smallest absolute Gasteiger partial charge is 0.274 e. The normalized spacial score (nSPS) is 10.8. The number of fused-ring (bicyclic) bond motifs is 1. The second-order valence-electron chi connectivity index (χ2n) is 6.74. The topological polar surface area (TPSA) is 69.8 Å². The third-order valence-electron chi connectivity index (χ3n) is 4.78. The Bertz CT molecular complexity index is 1120. The molecule has 0 spiro atoms. The molecule has 0 aliphatic carbocycles. The summed E-state index contributed by atoms with van der Waals surface area (Å²) in [5.41, 5.74) is 5.51. The number of benzene rings is 2. The SMILES string of the molecule is Cc1ccccc1NC(=O)c1cc(NCCc2c[nH]c3ccccc23)ccn1. The number of carbonyl (C=O) groups is 1. The van der Waals surface area contributed by atoms with Crippen LogP contribution in [0, 0.1) is 6.92 Å². The summed E-state index contributed by atoms with van der Waals surface area (Å²) in [6.45, 7) is 2.73. The van der Waals surface area contributed by atoms with Crippen molar-refractivity contribution < 1.29 is 4.79 Å². The van der Waals surface area contributed by atoms with Crippen LogP contribution < -0.4 is 10.6 Å². The molecule has 2 heterocycles. The summed E-state index contributed by atoms with van der Waals surface area (Å²) >= 11 is 0. The van der Waals surface area contributed by atoms with Crippen LogP contribution in [-0.2, 0) is 6.42 Å². The predicted octanol–water partition coefficient (Wildman–Crippen LogP) is 4.78. The molecule has 3 N–H and O–H groups in total. The molecule has 0 unspecified atom stereocenters. The molecule has 0 bridgehead atoms. The molecular weight excluding hydrogens is 348 g/mol. The fourth-order valence-electron chi connectivity index (χ4n) is 3.24. The minimum Gasteiger partial charge on any atom is -0.385 e. The fourth-order valence-corrected chi connectivity index (χ4v) is 3.24. The highest BCUT2D eigenvalue weighted by Crippen LogP contribution is 2.19. The van der Waals surface area contributed by atoms with Gasteiger partial charge in [0.1, 0.15) is 5.69 Å². The molecule has 5 heteroatoms. The van der Waals surface area contributed by atoms with Crippen LogP contribution in [0.25, 0.3) is 10.9 Å². The van der Waals surface area contributed by atoms with E-state index in [9.17, 15) is 4.79 Å². The third-order valence-corrected chi connectivity index (χ3v) is 4.78. The number of anilines is 2. The maximum Gasteiger partial charge on any atom is 0.274 e. The maximum atomic E-state index is 12.5. The number of para-hydroxylation sites is 2. The Balaban J connectivity index is 1.39. The molecule has 4 aromatic rings. The Labute approximate surface area is 163 Å². The number of rotatable bonds is 6. The molecule has 0 radical (unpaired) electrons. The second-order valence-corrected chi connectivity index (χ2v) is 6.74. The molecule has 2 aromatic carbocycles. The molecule has 0 aliphatic heterocycles. The zero-order valence-electron chi connectivity index (χ0n) is 15.7. The lowest BCUT2D eigenvalue weighted by Gasteiger charge is -2.10. The Morgan fingerprint density at radius 2 is 1.89 bits per heavy atom. The summed E-state index contributed by atoms with van der Waals surface area (Å²) in [4.78, 5) is 20.0. The van der Waals surface area contributed by atoms with Crippen molar-refractivity contribution in [3.8, 4) is 0 Å². The molecule has 4 rings (SSSR count). The van der Waals surface area contributed by atoms with E-state index >= 15 is 0 Å². The van der Waals surface area contributed by atoms with E-state index in [1.54, 1.807) is 12.3 Å². The van der Waals surface area contributed by atoms with Gasteiger partial charge in [0.25, 0.3) is 5.91 Å². The number of pyridine rings is 1. The number of aromatic nitrogens is 2. The number of nitrogens with one attached hydrogen (secondary N) is 3. The summed E-state index contributed by atoms with van der Waals surface area (Å²) in [5, 5.41) is 7.55. The van der Waals surface area contributed by atoms with Gasteiger partial charge in [-0.3, -0.25) is 9.78 Å². The number of carbonyl (C=O) groups excluding carboxylic acids is 1. The van der Waals surface area contributed by atoms with E-state index in [0.717, 1.165) is 35.4 Å². The fraction of sp³-hybridized carbons (Fsp3) is 0.130. The summed E-state index contributed by atoms with van der Waals surface area (Å²) in [6.07, 6.45) is 4.60. The molecule has 0 atom stereocenters. The van der Waals surface area contributed by atoms with E-state index in [4.69, 9.17) is 0 Å². The van der Waals surface area contributed by atoms with E-state index in [0.29, 0.717) is 5.69 Å². The lowest BCUT2D eigenvalue weighted by molar-refractivity contribution is 0.102. The summed E-state index contributed by atoms with van der Waals surface area (Å²) in [5.74, 6) is -0.213. The Kier molecular flexibility index (Phi) is 5.06. The van der Waals surface area contributed by atoms with E-state index in [1.807, 2.05) is 43.3 Å². The van der Waals surface area contributed by atoms with E-state index in [2.05, 4.69) is 45.0 Å². The van der Waals surface area contributed by atoms with Gasteiger partial charge in [0, 0.05) is 41.2 Å². The van der Waals surface area contributed by atoms with Crippen molar-refractivity contribution in [2.45, 2.75) is 13.3 Å². The van der Waals surface area contributed by atoms with Gasteiger partial charge in [-0.25, -0.2) is 0 Å². The first-order valence-corrected chi connectivity index (χ1v) is 9.32. The number of hydrogen-bond donors (Lipinski definition) is 3. The van der Waals surface area contributed by atoms with Crippen LogP contribution in [0.15, 0.2) is 73.1 Å². The number of H-pyrrole nitrogens is 1. The molecule has 0 saturated heterocycles. The average Bonchev–Trinajstić information content (AvgIpc) is 3.13. The van der Waals surface area contributed by atoms with Crippen molar-refractivity contribution in [2.24, 2.45) is 0 Å². The summed E-state index contributed by atoms with van der Waals surface area (Å²) in [6, 6.07) is 19.6. The van der Waals surface area contributed by atoms with E-state index in [-0.39, 0.29) is 5.91 Å². The molecule has 0 fully saturated rings. The van der Waals surface area contributed by atoms with Crippen molar-refractivity contribution in [1.82, 2.24) is 9.97 Å². The van der Waals surface area contributed by atoms with Crippen molar-refractivity contribution >= 4 is 28.2 Å². The van der Waals surface area contributed by atoms with E-state index < -0.39 is 0 Å². The van der Waals surface area contributed by atoms with Crippen LogP contribution >= 0.6 is 0 Å². The van der Waals surface area contributed by atoms with Crippen molar-refractivity contribution in [1.29, 1.82) is 0 Å². The Morgan fingerprint density at radius 1 is 1.07 bits per heavy atom. The van der Waals surface area contributed by atoms with Crippen molar-refractivity contribution in [3.05, 3.63) is 89.9 Å². The predicted molar refractivity (Wildman–Crippen MR) is 114 cm³/mol. The monoisotopic (exact) mass is 370 g/mol. The highest BCUT2D eigenvalue weighted by atomic mass is 16.1. The number of aromatic amines is 1. The number of nitrogens with zero attached hydrogens (tertiary/aromatic N) is 1. The van der Waals surface area contributed by atoms with Gasteiger partial charge in [0.15, 0.2) is 0 Å². The lowest BCUT2D eigenvalue weighted by atomic mass is 10.1. The first-order valence-electron chi connectivity index (χ1n) is 9.32. The van der Waals surface area contributed by atoms with Gasteiger partial charge in [-0.1, -0.05) is 36.4 Å². The quantitative estimate of drug-likeness (QED) is 0.457. The van der Waals surface area contributed by atoms with E-state index in [1.165, 1.54) is 10.9 Å². The molecule has 5 nitrogen and oxygen atoms in total. The highest BCUT2D eigenvalue weighted by molar-refractivity contribution is 6.03. The average molecular weight is 370 g/mol. The van der Waals surface area contributed by atoms with Gasteiger partial charge in [0.2, 0.25) is 0 Å². The lowest BCUT2D eigenvalue weighted by Crippen LogP contribution is -2.15. The minimum atomic E-state index is -0.213. The van der Waals surface area contributed by atoms with Gasteiger partial charge < -0.3 is 15.6 Å². The molecule has 28 heavy (non-hydrogen) atoms. The number of aryl methyl sites for hydroxylation is 1. The molecule has 2 aromatic heterocycles. The van der Waals surface area contributed by atoms with Crippen LogP contribution in [-0.4, -0.2) is 22.4 Å². The van der Waals surface area contributed by atoms with Gasteiger partial charge >= 0.3 is 0 Å². The minimum absolute atomic E-state index is 0.213. The Morgan fingerprint density at radius 3 is 2.79 bits per heavy atom. The van der Waals surface area contributed by atoms with Gasteiger partial charge in [-0.2, -0.15) is 0 Å². The molecule has 0 aliphatic rings. The number of amides is 1. The molecule has 140 valence electrons. The molecular formula is C23H22N4O. The maximum absolute atomic E-state index is 12.5. The zero-order valence-corrected chi connectivity index (χ0v) is 15.7. The van der Waals surface area contributed by atoms with Gasteiger partial charge in [0.05, 0.1) is 0 Å². The van der Waals surface area contributed by atoms with Crippen LogP contribution in [0.3, 0.4) is 0 Å². The first kappa shape index (κ1) is 17.8. The van der Waals surface area contributed by atoms with Crippen molar-refractivity contribution in [2.75, 3.05) is 17.2 Å². The molecule has 0 saturated carbocycles. The van der Waals surface area contributed by atoms with Crippen LogP contribution in [0.5, 0.6) is 0 Å². The van der Waals surface area contributed by atoms with Crippen LogP contribution in [0.4, 0.5) is 11.4 Å². The largest absolute Gasteiger partial charge is 0.385 e. The highest BCUT2D eigenvalue weighted by Gasteiger charge is 2.10. The number of hydrogen-bond acceptors (Lipinski definition) is 3. The van der Waals surface area contributed by atoms with Crippen LogP contribution in [0.1, 0.15) is 21.6 Å². The summed E-state index contributed by atoms with van der Waals surface area (Å²) < 4.78 is 0. The second kappa shape index (κ2) is 7.96. The third kappa shape index (κ3) is 3.88. The standard InChI is InChI=1S/C23H22N4O/c1-16-6-2-4-8-20(16)27-23(28)22-14-18(11-13-25-22)24-12-10-17-15-26-21-9-5-3-7-19(17)21/h2-9,11,13-15,26H,10,12H2,1H3,(H,24,25)(H,27,28).